The molecule has 0 saturated carbocycles. The van der Waals surface area contributed by atoms with Gasteiger partial charge < -0.3 is 15.0 Å². The number of hydrogen-bond acceptors (Lipinski definition) is 4. The van der Waals surface area contributed by atoms with Crippen molar-refractivity contribution < 1.29 is 13.9 Å². The van der Waals surface area contributed by atoms with E-state index in [1.165, 1.54) is 18.9 Å². The monoisotopic (exact) mass is 337 g/mol. The summed E-state index contributed by atoms with van der Waals surface area (Å²) in [6.45, 7) is 8.35. The molecule has 2 rings (SSSR count). The number of nitrogens with one attached hydrogen (secondary N) is 2. The molecular weight excluding hydrogens is 309 g/mol. The number of halogens is 1. The van der Waals surface area contributed by atoms with Gasteiger partial charge in [-0.1, -0.05) is 0 Å². The lowest BCUT2D eigenvalue weighted by Crippen LogP contribution is -2.35. The number of carbonyl (C=O) groups is 1. The molecule has 2 N–H and O–H groups in total. The minimum atomic E-state index is -0.660. The molecule has 1 amide bonds. The predicted molar refractivity (Wildman–Crippen MR) is 95.0 cm³/mol. The van der Waals surface area contributed by atoms with Crippen LogP contribution >= 0.6 is 0 Å². The minimum Gasteiger partial charge on any atom is -0.444 e. The van der Waals surface area contributed by atoms with Crippen molar-refractivity contribution in [1.29, 1.82) is 0 Å². The fourth-order valence-corrected chi connectivity index (χ4v) is 2.85. The zero-order valence-electron chi connectivity index (χ0n) is 15.0. The molecule has 1 unspecified atom stereocenters. The second-order valence-electron chi connectivity index (χ2n) is 7.47. The Balaban J connectivity index is 1.94. The molecule has 1 atom stereocenters. The predicted octanol–water partition coefficient (Wildman–Crippen LogP) is 3.93. The number of carbonyl (C=O) groups excluding carboxylic acids is 1. The standard InChI is InChI=1S/C18H28FN3O2/c1-18(2,3)24-17(23)21-16-10-14(7-8-15(16)19)20-11-13-6-5-9-22(4)12-13/h7-8,10,13,20H,5-6,9,11-12H2,1-4H3,(H,21,23). The van der Waals surface area contributed by atoms with Crippen LogP contribution in [0.3, 0.4) is 0 Å². The van der Waals surface area contributed by atoms with E-state index in [0.29, 0.717) is 5.92 Å². The lowest BCUT2D eigenvalue weighted by molar-refractivity contribution is 0.0635. The van der Waals surface area contributed by atoms with Crippen molar-refractivity contribution in [2.75, 3.05) is 37.3 Å². The summed E-state index contributed by atoms with van der Waals surface area (Å²) in [6, 6.07) is 4.63. The van der Waals surface area contributed by atoms with E-state index in [4.69, 9.17) is 4.74 Å². The highest BCUT2D eigenvalue weighted by atomic mass is 19.1. The Morgan fingerprint density at radius 2 is 2.17 bits per heavy atom. The smallest absolute Gasteiger partial charge is 0.412 e. The van der Waals surface area contributed by atoms with Crippen LogP contribution in [-0.4, -0.2) is 43.3 Å². The van der Waals surface area contributed by atoms with Gasteiger partial charge in [-0.15, -0.1) is 0 Å². The molecule has 0 bridgehead atoms. The number of piperidine rings is 1. The summed E-state index contributed by atoms with van der Waals surface area (Å²) in [6.07, 6.45) is 1.74. The first-order chi connectivity index (χ1) is 11.2. The number of likely N-dealkylation sites (tertiary alicyclic amines) is 1. The Labute approximate surface area is 143 Å². The van der Waals surface area contributed by atoms with E-state index in [-0.39, 0.29) is 5.69 Å². The van der Waals surface area contributed by atoms with Crippen LogP contribution in [0.5, 0.6) is 0 Å². The Morgan fingerprint density at radius 3 is 2.83 bits per heavy atom. The maximum Gasteiger partial charge on any atom is 0.412 e. The van der Waals surface area contributed by atoms with Gasteiger partial charge in [0.15, 0.2) is 0 Å². The molecule has 1 aliphatic rings. The van der Waals surface area contributed by atoms with Crippen LogP contribution in [0.2, 0.25) is 0 Å². The van der Waals surface area contributed by atoms with Crippen LogP contribution in [0.15, 0.2) is 18.2 Å². The topological polar surface area (TPSA) is 53.6 Å². The molecule has 0 radical (unpaired) electrons. The average molecular weight is 337 g/mol. The second-order valence-corrected chi connectivity index (χ2v) is 7.47. The van der Waals surface area contributed by atoms with Crippen LogP contribution in [0.4, 0.5) is 20.6 Å². The third kappa shape index (κ3) is 6.00. The van der Waals surface area contributed by atoms with Gasteiger partial charge in [-0.3, -0.25) is 5.32 Å². The number of amides is 1. The molecule has 0 aliphatic carbocycles. The van der Waals surface area contributed by atoms with E-state index in [1.54, 1.807) is 32.9 Å². The van der Waals surface area contributed by atoms with Gasteiger partial charge in [0.1, 0.15) is 11.4 Å². The molecule has 6 heteroatoms. The van der Waals surface area contributed by atoms with Crippen molar-refractivity contribution in [3.63, 3.8) is 0 Å². The highest BCUT2D eigenvalue weighted by Crippen LogP contribution is 2.22. The Morgan fingerprint density at radius 1 is 1.42 bits per heavy atom. The van der Waals surface area contributed by atoms with Crippen LogP contribution < -0.4 is 10.6 Å². The summed E-state index contributed by atoms with van der Waals surface area (Å²) < 4.78 is 19.1. The molecule has 1 fully saturated rings. The van der Waals surface area contributed by atoms with E-state index < -0.39 is 17.5 Å². The lowest BCUT2D eigenvalue weighted by Gasteiger charge is -2.30. The number of benzene rings is 1. The minimum absolute atomic E-state index is 0.120. The van der Waals surface area contributed by atoms with Gasteiger partial charge in [0.05, 0.1) is 5.69 Å². The first-order valence-electron chi connectivity index (χ1n) is 8.45. The van der Waals surface area contributed by atoms with Crippen molar-refractivity contribution in [2.45, 2.75) is 39.2 Å². The molecule has 134 valence electrons. The maximum absolute atomic E-state index is 13.9. The Kier molecular flexibility index (Phi) is 6.04. The zero-order chi connectivity index (χ0) is 17.7. The molecule has 1 aromatic rings. The average Bonchev–Trinajstić information content (AvgIpc) is 2.46. The molecule has 24 heavy (non-hydrogen) atoms. The molecule has 0 aromatic heterocycles. The quantitative estimate of drug-likeness (QED) is 0.874. The van der Waals surface area contributed by atoms with Crippen molar-refractivity contribution in [3.8, 4) is 0 Å². The largest absolute Gasteiger partial charge is 0.444 e. The summed E-state index contributed by atoms with van der Waals surface area (Å²) >= 11 is 0. The van der Waals surface area contributed by atoms with Crippen molar-refractivity contribution >= 4 is 17.5 Å². The second kappa shape index (κ2) is 7.83. The highest BCUT2D eigenvalue weighted by Gasteiger charge is 2.19. The fourth-order valence-electron chi connectivity index (χ4n) is 2.85. The van der Waals surface area contributed by atoms with E-state index >= 15 is 0 Å². The van der Waals surface area contributed by atoms with Gasteiger partial charge >= 0.3 is 6.09 Å². The van der Waals surface area contributed by atoms with Gasteiger partial charge in [0.2, 0.25) is 0 Å². The molecular formula is C18H28FN3O2. The summed E-state index contributed by atoms with van der Waals surface area (Å²) in [5.74, 6) is 0.0971. The SMILES string of the molecule is CN1CCCC(CNc2ccc(F)c(NC(=O)OC(C)(C)C)c2)C1. The summed E-state index contributed by atoms with van der Waals surface area (Å²) in [5, 5.41) is 5.81. The van der Waals surface area contributed by atoms with E-state index in [9.17, 15) is 9.18 Å². The Hall–Kier alpha value is -1.82. The fraction of sp³-hybridized carbons (Fsp3) is 0.611. The van der Waals surface area contributed by atoms with Crippen LogP contribution in [-0.2, 0) is 4.74 Å². The van der Waals surface area contributed by atoms with E-state index in [2.05, 4.69) is 22.6 Å². The van der Waals surface area contributed by atoms with Crippen LogP contribution in [0.25, 0.3) is 0 Å². The maximum atomic E-state index is 13.9. The molecule has 5 nitrogen and oxygen atoms in total. The van der Waals surface area contributed by atoms with Gasteiger partial charge in [0.25, 0.3) is 0 Å². The van der Waals surface area contributed by atoms with E-state index in [0.717, 1.165) is 25.3 Å². The third-order valence-electron chi connectivity index (χ3n) is 3.92. The molecule has 1 saturated heterocycles. The third-order valence-corrected chi connectivity index (χ3v) is 3.92. The molecule has 1 aromatic carbocycles. The summed E-state index contributed by atoms with van der Waals surface area (Å²) in [5.41, 5.74) is 0.286. The summed E-state index contributed by atoms with van der Waals surface area (Å²) in [4.78, 5) is 14.1. The first kappa shape index (κ1) is 18.5. The molecule has 1 aliphatic heterocycles. The molecule has 0 spiro atoms. The van der Waals surface area contributed by atoms with Crippen molar-refractivity contribution in [3.05, 3.63) is 24.0 Å². The number of nitrogens with zero attached hydrogens (tertiary/aromatic N) is 1. The van der Waals surface area contributed by atoms with E-state index in [1.807, 2.05) is 0 Å². The normalized spacial score (nSPS) is 19.0. The summed E-state index contributed by atoms with van der Waals surface area (Å²) in [7, 11) is 2.13. The Bertz CT molecular complexity index is 572. The number of ether oxygens (including phenoxy) is 1. The first-order valence-corrected chi connectivity index (χ1v) is 8.45. The van der Waals surface area contributed by atoms with Gasteiger partial charge in [-0.2, -0.15) is 0 Å². The number of hydrogen-bond donors (Lipinski definition) is 2. The van der Waals surface area contributed by atoms with Crippen molar-refractivity contribution in [2.24, 2.45) is 5.92 Å². The molecule has 1 heterocycles. The van der Waals surface area contributed by atoms with Crippen LogP contribution in [0.1, 0.15) is 33.6 Å². The van der Waals surface area contributed by atoms with Crippen molar-refractivity contribution in [1.82, 2.24) is 4.90 Å². The number of rotatable bonds is 4. The lowest BCUT2D eigenvalue weighted by atomic mass is 9.98. The van der Waals surface area contributed by atoms with Gasteiger partial charge in [-0.05, 0) is 71.3 Å². The zero-order valence-corrected chi connectivity index (χ0v) is 15.0. The van der Waals surface area contributed by atoms with Gasteiger partial charge in [-0.25, -0.2) is 9.18 Å². The van der Waals surface area contributed by atoms with Gasteiger partial charge in [0, 0.05) is 18.8 Å². The highest BCUT2D eigenvalue weighted by molar-refractivity contribution is 5.85. The van der Waals surface area contributed by atoms with Crippen LogP contribution in [0, 0.1) is 11.7 Å². The number of anilines is 2.